The molecule has 0 aromatic rings. The van der Waals surface area contributed by atoms with Crippen molar-refractivity contribution in [3.63, 3.8) is 0 Å². The van der Waals surface area contributed by atoms with Crippen LogP contribution in [-0.2, 0) is 9.59 Å². The fourth-order valence-electron chi connectivity index (χ4n) is 1.87. The third-order valence-electron chi connectivity index (χ3n) is 3.24. The number of nitrogens with zero attached hydrogens (tertiary/aromatic N) is 1. The van der Waals surface area contributed by atoms with Gasteiger partial charge in [-0.25, -0.2) is 0 Å². The molecule has 1 aliphatic rings. The van der Waals surface area contributed by atoms with E-state index in [9.17, 15) is 19.8 Å². The molecule has 22 heavy (non-hydrogen) atoms. The minimum atomic E-state index is -1.31. The number of carbonyl (C=O) groups is 2. The van der Waals surface area contributed by atoms with Gasteiger partial charge in [-0.1, -0.05) is 0 Å². The van der Waals surface area contributed by atoms with E-state index < -0.39 is 42.8 Å². The summed E-state index contributed by atoms with van der Waals surface area (Å²) < 4.78 is 0. The molecule has 2 unspecified atom stereocenters. The summed E-state index contributed by atoms with van der Waals surface area (Å²) in [6.07, 6.45) is -1.90. The van der Waals surface area contributed by atoms with Gasteiger partial charge in [0.2, 0.25) is 5.91 Å². The lowest BCUT2D eigenvalue weighted by atomic mass is 10.1. The first-order valence-corrected chi connectivity index (χ1v) is 6.92. The molecule has 126 valence electrons. The molecular formula is C12H22N4O6. The number of nitrogens with one attached hydrogen (secondary N) is 2. The summed E-state index contributed by atoms with van der Waals surface area (Å²) in [6, 6.07) is -1.69. The molecule has 1 amide bonds. The topological polar surface area (TPSA) is 177 Å². The molecule has 1 fully saturated rings. The molecule has 0 saturated carbocycles. The van der Waals surface area contributed by atoms with Gasteiger partial charge in [0, 0.05) is 13.0 Å². The van der Waals surface area contributed by atoms with E-state index in [1.54, 1.807) is 0 Å². The average Bonchev–Trinajstić information content (AvgIpc) is 2.82. The van der Waals surface area contributed by atoms with Crippen molar-refractivity contribution >= 4 is 17.8 Å². The Kier molecular flexibility index (Phi) is 7.18. The van der Waals surface area contributed by atoms with E-state index in [4.69, 9.17) is 15.9 Å². The van der Waals surface area contributed by atoms with E-state index >= 15 is 0 Å². The van der Waals surface area contributed by atoms with Gasteiger partial charge < -0.3 is 31.5 Å². The highest BCUT2D eigenvalue weighted by Gasteiger charge is 2.31. The lowest BCUT2D eigenvalue weighted by Crippen LogP contribution is -2.39. The number of amides is 1. The molecule has 0 aromatic carbocycles. The monoisotopic (exact) mass is 318 g/mol. The summed E-state index contributed by atoms with van der Waals surface area (Å²) in [5, 5.41) is 41.4. The highest BCUT2D eigenvalue weighted by atomic mass is 16.4. The summed E-state index contributed by atoms with van der Waals surface area (Å²) >= 11 is 0. The number of aliphatic carboxylic acids is 1. The van der Waals surface area contributed by atoms with Crippen molar-refractivity contribution in [2.75, 3.05) is 13.2 Å². The van der Waals surface area contributed by atoms with Crippen LogP contribution in [0.3, 0.4) is 0 Å². The molecule has 1 saturated heterocycles. The summed E-state index contributed by atoms with van der Waals surface area (Å²) in [7, 11) is 0. The van der Waals surface area contributed by atoms with E-state index in [1.807, 2.05) is 0 Å². The number of rotatable bonds is 9. The maximum Gasteiger partial charge on any atom is 0.320 e. The van der Waals surface area contributed by atoms with Crippen molar-refractivity contribution in [1.82, 2.24) is 10.6 Å². The third-order valence-corrected chi connectivity index (χ3v) is 3.24. The van der Waals surface area contributed by atoms with Gasteiger partial charge in [-0.2, -0.15) is 0 Å². The number of nitrogens with two attached hydrogens (primary N) is 1. The van der Waals surface area contributed by atoms with Crippen LogP contribution in [0.4, 0.5) is 0 Å². The van der Waals surface area contributed by atoms with Crippen LogP contribution in [0.15, 0.2) is 4.99 Å². The summed E-state index contributed by atoms with van der Waals surface area (Å²) in [6.45, 7) is -0.307. The molecule has 0 radical (unpaired) electrons. The normalized spacial score (nSPS) is 23.7. The largest absolute Gasteiger partial charge is 0.480 e. The predicted octanol–water partition coefficient (Wildman–Crippen LogP) is -3.27. The van der Waals surface area contributed by atoms with Crippen LogP contribution >= 0.6 is 0 Å². The lowest BCUT2D eigenvalue weighted by Gasteiger charge is -2.17. The van der Waals surface area contributed by atoms with Gasteiger partial charge in [0.25, 0.3) is 0 Å². The van der Waals surface area contributed by atoms with Gasteiger partial charge in [0.15, 0.2) is 5.96 Å². The standard InChI is InChI=1S/C12H22N4O6/c13-6(11(21)22)2-1-3-14-12-15-7(10(20)16-12)4-8(18)9(19)5-17/h6-9,17-19H,1-5,13H2,(H,21,22)(H2,14,15,16,20)/t6-,7?,8-,9?/m0/s1. The first-order valence-electron chi connectivity index (χ1n) is 6.92. The second-order valence-corrected chi connectivity index (χ2v) is 5.06. The number of carboxylic acid groups (broad SMARTS) is 1. The number of guanidine groups is 1. The Morgan fingerprint density at radius 3 is 2.64 bits per heavy atom. The zero-order valence-electron chi connectivity index (χ0n) is 12.0. The van der Waals surface area contributed by atoms with Gasteiger partial charge >= 0.3 is 5.97 Å². The smallest absolute Gasteiger partial charge is 0.320 e. The fraction of sp³-hybridized carbons (Fsp3) is 0.750. The van der Waals surface area contributed by atoms with Crippen LogP contribution in [0.25, 0.3) is 0 Å². The Morgan fingerprint density at radius 1 is 1.36 bits per heavy atom. The second kappa shape index (κ2) is 8.63. The lowest BCUT2D eigenvalue weighted by molar-refractivity contribution is -0.138. The summed E-state index contributed by atoms with van der Waals surface area (Å²) in [4.78, 5) is 26.2. The van der Waals surface area contributed by atoms with Crippen LogP contribution in [0, 0.1) is 0 Å². The molecule has 1 rings (SSSR count). The van der Waals surface area contributed by atoms with Gasteiger partial charge in [0.05, 0.1) is 12.7 Å². The van der Waals surface area contributed by atoms with Crippen LogP contribution in [0.2, 0.25) is 0 Å². The van der Waals surface area contributed by atoms with Crippen molar-refractivity contribution in [3.8, 4) is 0 Å². The number of aliphatic hydroxyl groups is 3. The quantitative estimate of drug-likeness (QED) is 0.216. The van der Waals surface area contributed by atoms with E-state index in [2.05, 4.69) is 15.6 Å². The van der Waals surface area contributed by atoms with Gasteiger partial charge in [-0.15, -0.1) is 0 Å². The molecule has 0 aromatic heterocycles. The Morgan fingerprint density at radius 2 is 2.05 bits per heavy atom. The van der Waals surface area contributed by atoms with Crippen LogP contribution in [0.1, 0.15) is 19.3 Å². The maximum atomic E-state index is 11.7. The SMILES string of the molecule is N[C@@H](CCCN=C1NC(=O)C(C[C@H](O)C(O)CO)N1)C(=O)O. The molecule has 1 aliphatic heterocycles. The van der Waals surface area contributed by atoms with Gasteiger partial charge in [-0.3, -0.25) is 19.9 Å². The van der Waals surface area contributed by atoms with Crippen molar-refractivity contribution in [2.45, 2.75) is 43.6 Å². The molecular weight excluding hydrogens is 296 g/mol. The number of hydrogen-bond acceptors (Lipinski definition) is 7. The first-order chi connectivity index (χ1) is 10.3. The maximum absolute atomic E-state index is 11.7. The molecule has 0 aliphatic carbocycles. The van der Waals surface area contributed by atoms with Crippen molar-refractivity contribution in [3.05, 3.63) is 0 Å². The predicted molar refractivity (Wildman–Crippen MR) is 75.9 cm³/mol. The average molecular weight is 318 g/mol. The minimum Gasteiger partial charge on any atom is -0.480 e. The summed E-state index contributed by atoms with van der Waals surface area (Å²) in [5.74, 6) is -1.24. The Hall–Kier alpha value is -1.75. The van der Waals surface area contributed by atoms with Gasteiger partial charge in [0.1, 0.15) is 18.2 Å². The minimum absolute atomic E-state index is 0.0729. The first kappa shape index (κ1) is 18.3. The zero-order chi connectivity index (χ0) is 16.7. The van der Waals surface area contributed by atoms with Crippen LogP contribution < -0.4 is 16.4 Å². The highest BCUT2D eigenvalue weighted by molar-refractivity contribution is 6.06. The van der Waals surface area contributed by atoms with Gasteiger partial charge in [-0.05, 0) is 12.8 Å². The molecule has 10 heteroatoms. The summed E-state index contributed by atoms with van der Waals surface area (Å²) in [5.41, 5.74) is 5.35. The Bertz CT molecular complexity index is 430. The molecule has 0 spiro atoms. The van der Waals surface area contributed by atoms with E-state index in [-0.39, 0.29) is 25.3 Å². The fourth-order valence-corrected chi connectivity index (χ4v) is 1.87. The number of aliphatic hydroxyl groups excluding tert-OH is 3. The molecule has 1 heterocycles. The van der Waals surface area contributed by atoms with E-state index in [0.29, 0.717) is 6.42 Å². The number of hydrogen-bond donors (Lipinski definition) is 7. The van der Waals surface area contributed by atoms with E-state index in [0.717, 1.165) is 0 Å². The number of carbonyl (C=O) groups excluding carboxylic acids is 1. The molecule has 10 nitrogen and oxygen atoms in total. The van der Waals surface area contributed by atoms with Crippen molar-refractivity contribution in [1.29, 1.82) is 0 Å². The number of aliphatic imine (C=N–C) groups is 1. The zero-order valence-corrected chi connectivity index (χ0v) is 12.0. The van der Waals surface area contributed by atoms with E-state index in [1.165, 1.54) is 0 Å². The Labute approximate surface area is 127 Å². The molecule has 4 atom stereocenters. The Balaban J connectivity index is 2.38. The van der Waals surface area contributed by atoms with Crippen LogP contribution in [0.5, 0.6) is 0 Å². The van der Waals surface area contributed by atoms with Crippen molar-refractivity contribution < 1.29 is 30.0 Å². The number of carboxylic acids is 1. The van der Waals surface area contributed by atoms with Crippen LogP contribution in [-0.4, -0.2) is 75.7 Å². The molecule has 0 bridgehead atoms. The second-order valence-electron chi connectivity index (χ2n) is 5.06. The third kappa shape index (κ3) is 5.56. The molecule has 8 N–H and O–H groups in total. The highest BCUT2D eigenvalue weighted by Crippen LogP contribution is 2.07. The van der Waals surface area contributed by atoms with Crippen molar-refractivity contribution in [2.24, 2.45) is 10.7 Å².